The molecule has 0 unspecified atom stereocenters. The lowest BCUT2D eigenvalue weighted by Crippen LogP contribution is -2.31. The maximum Gasteiger partial charge on any atom is 0.254 e. The first-order valence-corrected chi connectivity index (χ1v) is 13.5. The van der Waals surface area contributed by atoms with Gasteiger partial charge in [0.15, 0.2) is 0 Å². The molecule has 9 nitrogen and oxygen atoms in total. The number of benzene rings is 2. The van der Waals surface area contributed by atoms with Gasteiger partial charge in [-0.25, -0.2) is 0 Å². The maximum absolute atomic E-state index is 13.7. The number of thioether (sulfide) groups is 1. The van der Waals surface area contributed by atoms with E-state index in [2.05, 4.69) is 22.0 Å². The lowest BCUT2D eigenvalue weighted by Gasteiger charge is -2.28. The molecular formula is C29H27ClN4O5S. The summed E-state index contributed by atoms with van der Waals surface area (Å²) in [6.07, 6.45) is 1.48. The molecule has 0 bridgehead atoms. The van der Waals surface area contributed by atoms with Crippen LogP contribution in [0.25, 0.3) is 0 Å². The fourth-order valence-corrected chi connectivity index (χ4v) is 5.30. The SMILES string of the molecule is COc1ccc(OC)c(NC(=O)C2=C(C)NC(SCC(=O)Nc3cccc(Cl)c3C)=C(C#N)[C@@H]2c2ccco2)c1. The molecule has 0 saturated carbocycles. The number of dihydropyridines is 1. The summed E-state index contributed by atoms with van der Waals surface area (Å²) in [5, 5.41) is 20.1. The van der Waals surface area contributed by atoms with Gasteiger partial charge in [-0.05, 0) is 55.8 Å². The van der Waals surface area contributed by atoms with Crippen molar-refractivity contribution in [3.63, 3.8) is 0 Å². The summed E-state index contributed by atoms with van der Waals surface area (Å²) >= 11 is 7.33. The molecule has 206 valence electrons. The zero-order chi connectivity index (χ0) is 28.8. The van der Waals surface area contributed by atoms with Crippen molar-refractivity contribution in [1.82, 2.24) is 5.32 Å². The number of nitrogens with zero attached hydrogens (tertiary/aromatic N) is 1. The van der Waals surface area contributed by atoms with Gasteiger partial charge in [-0.1, -0.05) is 29.4 Å². The van der Waals surface area contributed by atoms with E-state index in [0.717, 1.165) is 17.3 Å². The van der Waals surface area contributed by atoms with Gasteiger partial charge >= 0.3 is 0 Å². The second-order valence-electron chi connectivity index (χ2n) is 8.74. The number of amides is 2. The van der Waals surface area contributed by atoms with Crippen molar-refractivity contribution in [3.8, 4) is 17.6 Å². The molecule has 3 N–H and O–H groups in total. The minimum absolute atomic E-state index is 0.0140. The highest BCUT2D eigenvalue weighted by Crippen LogP contribution is 2.41. The molecule has 11 heteroatoms. The predicted molar refractivity (Wildman–Crippen MR) is 155 cm³/mol. The number of hydrogen-bond acceptors (Lipinski definition) is 8. The predicted octanol–water partition coefficient (Wildman–Crippen LogP) is 5.97. The second kappa shape index (κ2) is 12.7. The van der Waals surface area contributed by atoms with Crippen LogP contribution in [-0.4, -0.2) is 31.8 Å². The van der Waals surface area contributed by atoms with Crippen LogP contribution in [-0.2, 0) is 9.59 Å². The van der Waals surface area contributed by atoms with Gasteiger partial charge in [-0.2, -0.15) is 5.26 Å². The molecule has 0 fully saturated rings. The molecular weight excluding hydrogens is 552 g/mol. The average Bonchev–Trinajstić information content (AvgIpc) is 3.48. The Labute approximate surface area is 241 Å². The quantitative estimate of drug-likeness (QED) is 0.284. The number of carbonyl (C=O) groups is 2. The Morgan fingerprint density at radius 1 is 1.10 bits per heavy atom. The summed E-state index contributed by atoms with van der Waals surface area (Å²) in [6, 6.07) is 15.9. The van der Waals surface area contributed by atoms with Crippen molar-refractivity contribution >= 4 is 46.6 Å². The lowest BCUT2D eigenvalue weighted by atomic mass is 9.85. The number of carbonyl (C=O) groups excluding carboxylic acids is 2. The van der Waals surface area contributed by atoms with E-state index in [1.165, 1.54) is 20.5 Å². The van der Waals surface area contributed by atoms with Crippen LogP contribution < -0.4 is 25.4 Å². The molecule has 2 heterocycles. The lowest BCUT2D eigenvalue weighted by molar-refractivity contribution is -0.114. The van der Waals surface area contributed by atoms with Crippen LogP contribution in [0.3, 0.4) is 0 Å². The zero-order valence-electron chi connectivity index (χ0n) is 22.3. The molecule has 1 aliphatic heterocycles. The van der Waals surface area contributed by atoms with Crippen molar-refractivity contribution in [2.24, 2.45) is 0 Å². The molecule has 0 saturated heterocycles. The van der Waals surface area contributed by atoms with Gasteiger partial charge in [0, 0.05) is 22.5 Å². The van der Waals surface area contributed by atoms with Crippen LogP contribution in [0.1, 0.15) is 24.2 Å². The normalized spacial score (nSPS) is 14.8. The van der Waals surface area contributed by atoms with Gasteiger partial charge in [0.1, 0.15) is 17.3 Å². The van der Waals surface area contributed by atoms with Crippen LogP contribution in [0, 0.1) is 18.3 Å². The fourth-order valence-electron chi connectivity index (χ4n) is 4.24. The number of nitrogens with one attached hydrogen (secondary N) is 3. The number of rotatable bonds is 9. The summed E-state index contributed by atoms with van der Waals surface area (Å²) in [6.45, 7) is 3.55. The summed E-state index contributed by atoms with van der Waals surface area (Å²) in [4.78, 5) is 26.5. The van der Waals surface area contributed by atoms with Crippen molar-refractivity contribution in [1.29, 1.82) is 5.26 Å². The molecule has 1 aliphatic rings. The van der Waals surface area contributed by atoms with Crippen molar-refractivity contribution in [2.45, 2.75) is 19.8 Å². The maximum atomic E-state index is 13.7. The summed E-state index contributed by atoms with van der Waals surface area (Å²) in [7, 11) is 3.03. The van der Waals surface area contributed by atoms with Gasteiger partial charge < -0.3 is 29.8 Å². The summed E-state index contributed by atoms with van der Waals surface area (Å²) < 4.78 is 16.4. The topological polar surface area (TPSA) is 126 Å². The standard InChI is InChI=1S/C29H27ClN4O5S/c1-16-20(30)7-5-8-21(16)33-25(35)15-40-29-19(14-31)27(24-9-6-12-39-24)26(17(2)32-29)28(36)34-22-13-18(37-3)10-11-23(22)38-4/h5-13,27,32H,15H2,1-4H3,(H,33,35)(H,34,36)/t27-/m1/s1. The minimum Gasteiger partial charge on any atom is -0.497 e. The van der Waals surface area contributed by atoms with Crippen LogP contribution >= 0.6 is 23.4 Å². The van der Waals surface area contributed by atoms with E-state index in [4.69, 9.17) is 25.5 Å². The van der Waals surface area contributed by atoms with Crippen molar-refractivity contribution < 1.29 is 23.5 Å². The highest BCUT2D eigenvalue weighted by Gasteiger charge is 2.36. The molecule has 0 spiro atoms. The van der Waals surface area contributed by atoms with Gasteiger partial charge in [0.05, 0.1) is 60.1 Å². The Balaban J connectivity index is 1.61. The van der Waals surface area contributed by atoms with E-state index >= 15 is 0 Å². The van der Waals surface area contributed by atoms with E-state index in [9.17, 15) is 14.9 Å². The van der Waals surface area contributed by atoms with E-state index in [1.54, 1.807) is 55.5 Å². The molecule has 40 heavy (non-hydrogen) atoms. The summed E-state index contributed by atoms with van der Waals surface area (Å²) in [5.41, 5.74) is 2.82. The number of halogens is 1. The molecule has 1 atom stereocenters. The zero-order valence-corrected chi connectivity index (χ0v) is 23.8. The van der Waals surface area contributed by atoms with Crippen molar-refractivity contribution in [2.75, 3.05) is 30.6 Å². The van der Waals surface area contributed by atoms with Crippen molar-refractivity contribution in [3.05, 3.63) is 93.0 Å². The third-order valence-electron chi connectivity index (χ3n) is 6.26. The largest absolute Gasteiger partial charge is 0.497 e. The molecule has 1 aromatic heterocycles. The average molecular weight is 579 g/mol. The number of nitriles is 1. The number of ether oxygens (including phenoxy) is 2. The highest BCUT2D eigenvalue weighted by atomic mass is 35.5. The van der Waals surface area contributed by atoms with Gasteiger partial charge in [-0.15, -0.1) is 0 Å². The van der Waals surface area contributed by atoms with E-state index in [-0.39, 0.29) is 17.2 Å². The van der Waals surface area contributed by atoms with Gasteiger partial charge in [0.2, 0.25) is 5.91 Å². The van der Waals surface area contributed by atoms with E-state index < -0.39 is 11.8 Å². The van der Waals surface area contributed by atoms with Gasteiger partial charge in [0.25, 0.3) is 5.91 Å². The Morgan fingerprint density at radius 2 is 1.90 bits per heavy atom. The van der Waals surface area contributed by atoms with E-state index in [1.807, 2.05) is 6.92 Å². The number of hydrogen-bond donors (Lipinski definition) is 3. The van der Waals surface area contributed by atoms with Gasteiger partial charge in [-0.3, -0.25) is 9.59 Å². The molecule has 4 rings (SSSR count). The first kappa shape index (κ1) is 28.7. The van der Waals surface area contributed by atoms with Crippen LogP contribution in [0.15, 0.2) is 81.1 Å². The smallest absolute Gasteiger partial charge is 0.254 e. The highest BCUT2D eigenvalue weighted by molar-refractivity contribution is 8.03. The summed E-state index contributed by atoms with van der Waals surface area (Å²) in [5.74, 6) is -0.126. The third-order valence-corrected chi connectivity index (χ3v) is 7.69. The first-order valence-electron chi connectivity index (χ1n) is 12.1. The number of furan rings is 1. The fraction of sp³-hybridized carbons (Fsp3) is 0.207. The van der Waals surface area contributed by atoms with Crippen LogP contribution in [0.2, 0.25) is 5.02 Å². The number of anilines is 2. The van der Waals surface area contributed by atoms with Crippen LogP contribution in [0.5, 0.6) is 11.5 Å². The van der Waals surface area contributed by atoms with E-state index in [0.29, 0.717) is 50.0 Å². The Morgan fingerprint density at radius 3 is 2.58 bits per heavy atom. The molecule has 3 aromatic rings. The Hall–Kier alpha value is -4.33. The monoisotopic (exact) mass is 578 g/mol. The molecule has 2 aromatic carbocycles. The molecule has 0 radical (unpaired) electrons. The Bertz CT molecular complexity index is 1540. The molecule has 0 aliphatic carbocycles. The number of allylic oxidation sites excluding steroid dienone is 2. The first-order chi connectivity index (χ1) is 19.3. The minimum atomic E-state index is -0.807. The number of methoxy groups -OCH3 is 2. The second-order valence-corrected chi connectivity index (χ2v) is 10.1. The Kier molecular flexibility index (Phi) is 9.09. The third kappa shape index (κ3) is 6.11. The van der Waals surface area contributed by atoms with Crippen LogP contribution in [0.4, 0.5) is 11.4 Å². The molecule has 2 amide bonds.